The molecule has 0 unspecified atom stereocenters. The minimum Gasteiger partial charge on any atom is -0.338 e. The van der Waals surface area contributed by atoms with E-state index in [1.807, 2.05) is 13.0 Å². The van der Waals surface area contributed by atoms with Gasteiger partial charge in [0, 0.05) is 12.3 Å². The number of rotatable bonds is 2. The van der Waals surface area contributed by atoms with Gasteiger partial charge in [-0.05, 0) is 18.6 Å². The average Bonchev–Trinajstić information content (AvgIpc) is 2.74. The van der Waals surface area contributed by atoms with Gasteiger partial charge in [-0.25, -0.2) is 9.78 Å². The first-order valence-corrected chi connectivity index (χ1v) is 4.66. The highest BCUT2D eigenvalue weighted by molar-refractivity contribution is 5.98. The summed E-state index contributed by atoms with van der Waals surface area (Å²) >= 11 is 0. The topological polar surface area (TPSA) is 80.0 Å². The van der Waals surface area contributed by atoms with E-state index in [4.69, 9.17) is 4.52 Å². The predicted octanol–water partition coefficient (Wildman–Crippen LogP) is 2.02. The van der Waals surface area contributed by atoms with E-state index >= 15 is 0 Å². The smallest absolute Gasteiger partial charge is 0.327 e. The predicted molar refractivity (Wildman–Crippen MR) is 58.1 cm³/mol. The number of carbonyl (C=O) groups is 1. The van der Waals surface area contributed by atoms with Gasteiger partial charge in [-0.3, -0.25) is 10.6 Å². The summed E-state index contributed by atoms with van der Waals surface area (Å²) in [6.07, 6.45) is 3.05. The molecule has 82 valence electrons. The molecule has 6 heteroatoms. The third-order valence-corrected chi connectivity index (χ3v) is 1.92. The van der Waals surface area contributed by atoms with Gasteiger partial charge in [0.25, 0.3) is 0 Å². The fraction of sp³-hybridized carbons (Fsp3) is 0.100. The van der Waals surface area contributed by atoms with Gasteiger partial charge in [-0.2, -0.15) is 0 Å². The van der Waals surface area contributed by atoms with Crippen molar-refractivity contribution in [2.24, 2.45) is 0 Å². The molecule has 2 heterocycles. The summed E-state index contributed by atoms with van der Waals surface area (Å²) in [7, 11) is 0. The van der Waals surface area contributed by atoms with Gasteiger partial charge in [-0.1, -0.05) is 11.2 Å². The van der Waals surface area contributed by atoms with Crippen LogP contribution in [0.3, 0.4) is 0 Å². The molecule has 0 spiro atoms. The first kappa shape index (κ1) is 10.2. The zero-order chi connectivity index (χ0) is 11.4. The molecular weight excluding hydrogens is 208 g/mol. The first-order valence-electron chi connectivity index (χ1n) is 4.66. The number of aryl methyl sites for hydroxylation is 1. The van der Waals surface area contributed by atoms with Crippen LogP contribution in [0.1, 0.15) is 5.56 Å². The van der Waals surface area contributed by atoms with Gasteiger partial charge in [0.1, 0.15) is 5.82 Å². The Balaban J connectivity index is 2.00. The minimum absolute atomic E-state index is 0.283. The first-order chi connectivity index (χ1) is 7.75. The molecule has 0 saturated heterocycles. The number of amides is 2. The van der Waals surface area contributed by atoms with Crippen molar-refractivity contribution in [3.63, 3.8) is 0 Å². The van der Waals surface area contributed by atoms with Crippen molar-refractivity contribution in [2.45, 2.75) is 6.92 Å². The number of urea groups is 1. The lowest BCUT2D eigenvalue weighted by atomic mass is 10.3. The number of hydrogen-bond donors (Lipinski definition) is 2. The van der Waals surface area contributed by atoms with Crippen molar-refractivity contribution in [1.82, 2.24) is 10.1 Å². The van der Waals surface area contributed by atoms with Crippen molar-refractivity contribution in [1.29, 1.82) is 0 Å². The van der Waals surface area contributed by atoms with E-state index in [-0.39, 0.29) is 5.88 Å². The standard InChI is InChI=1S/C10H10N4O2/c1-7-3-2-5-11-9(7)14-10(15)13-8-4-6-12-16-8/h2-6H,1H3,(H2,11,13,14,15). The molecule has 0 aliphatic heterocycles. The molecule has 0 aromatic carbocycles. The molecule has 2 rings (SSSR count). The van der Waals surface area contributed by atoms with E-state index in [1.54, 1.807) is 18.3 Å². The summed E-state index contributed by atoms with van der Waals surface area (Å²) in [4.78, 5) is 15.5. The molecule has 2 N–H and O–H groups in total. The number of hydrogen-bond acceptors (Lipinski definition) is 4. The second-order valence-corrected chi connectivity index (χ2v) is 3.12. The molecule has 0 radical (unpaired) electrons. The Kier molecular flexibility index (Phi) is 2.81. The summed E-state index contributed by atoms with van der Waals surface area (Å²) in [5, 5.41) is 8.54. The molecule has 2 amide bonds. The molecule has 2 aromatic heterocycles. The zero-order valence-corrected chi connectivity index (χ0v) is 8.60. The van der Waals surface area contributed by atoms with Crippen molar-refractivity contribution in [3.8, 4) is 0 Å². The molecule has 0 aliphatic rings. The Morgan fingerprint density at radius 1 is 1.31 bits per heavy atom. The van der Waals surface area contributed by atoms with Crippen LogP contribution in [0.15, 0.2) is 35.1 Å². The van der Waals surface area contributed by atoms with E-state index in [0.29, 0.717) is 5.82 Å². The Bertz CT molecular complexity index is 481. The number of aromatic nitrogens is 2. The van der Waals surface area contributed by atoms with Crippen LogP contribution >= 0.6 is 0 Å². The molecule has 0 atom stereocenters. The number of anilines is 2. The van der Waals surface area contributed by atoms with Crippen LogP contribution in [0, 0.1) is 6.92 Å². The number of nitrogens with one attached hydrogen (secondary N) is 2. The van der Waals surface area contributed by atoms with E-state index in [9.17, 15) is 4.79 Å². The van der Waals surface area contributed by atoms with E-state index < -0.39 is 6.03 Å². The summed E-state index contributed by atoms with van der Waals surface area (Å²) in [6, 6.07) is 4.79. The van der Waals surface area contributed by atoms with Crippen molar-refractivity contribution in [3.05, 3.63) is 36.2 Å². The van der Waals surface area contributed by atoms with Crippen LogP contribution in [-0.2, 0) is 0 Å². The highest BCUT2D eigenvalue weighted by atomic mass is 16.5. The molecule has 0 bridgehead atoms. The normalized spacial score (nSPS) is 9.81. The molecule has 0 saturated carbocycles. The highest BCUT2D eigenvalue weighted by Gasteiger charge is 2.06. The third kappa shape index (κ3) is 2.35. The number of pyridine rings is 1. The lowest BCUT2D eigenvalue weighted by Gasteiger charge is -2.06. The van der Waals surface area contributed by atoms with Crippen molar-refractivity contribution in [2.75, 3.05) is 10.6 Å². The van der Waals surface area contributed by atoms with E-state index in [2.05, 4.69) is 20.8 Å². The Morgan fingerprint density at radius 2 is 2.19 bits per heavy atom. The second kappa shape index (κ2) is 4.43. The van der Waals surface area contributed by atoms with Gasteiger partial charge in [0.2, 0.25) is 5.88 Å². The van der Waals surface area contributed by atoms with Gasteiger partial charge in [0.05, 0.1) is 6.20 Å². The lowest BCUT2D eigenvalue weighted by molar-refractivity contribution is 0.261. The van der Waals surface area contributed by atoms with Crippen molar-refractivity contribution >= 4 is 17.7 Å². The highest BCUT2D eigenvalue weighted by Crippen LogP contribution is 2.10. The van der Waals surface area contributed by atoms with Gasteiger partial charge < -0.3 is 4.52 Å². The third-order valence-electron chi connectivity index (χ3n) is 1.92. The molecule has 16 heavy (non-hydrogen) atoms. The van der Waals surface area contributed by atoms with Crippen LogP contribution in [0.4, 0.5) is 16.5 Å². The summed E-state index contributed by atoms with van der Waals surface area (Å²) < 4.78 is 4.73. The number of nitrogens with zero attached hydrogens (tertiary/aromatic N) is 2. The van der Waals surface area contributed by atoms with Crippen molar-refractivity contribution < 1.29 is 9.32 Å². The summed E-state index contributed by atoms with van der Waals surface area (Å²) in [5.41, 5.74) is 0.884. The SMILES string of the molecule is Cc1cccnc1NC(=O)Nc1ccno1. The van der Waals surface area contributed by atoms with E-state index in [1.165, 1.54) is 6.20 Å². The maximum absolute atomic E-state index is 11.5. The molecule has 0 fully saturated rings. The quantitative estimate of drug-likeness (QED) is 0.808. The average molecular weight is 218 g/mol. The fourth-order valence-corrected chi connectivity index (χ4v) is 1.15. The van der Waals surface area contributed by atoms with Gasteiger partial charge >= 0.3 is 6.03 Å². The second-order valence-electron chi connectivity index (χ2n) is 3.12. The summed E-state index contributed by atoms with van der Waals surface area (Å²) in [6.45, 7) is 1.86. The number of carbonyl (C=O) groups excluding carboxylic acids is 1. The van der Waals surface area contributed by atoms with Crippen LogP contribution in [0.5, 0.6) is 0 Å². The zero-order valence-electron chi connectivity index (χ0n) is 8.60. The molecule has 2 aromatic rings. The lowest BCUT2D eigenvalue weighted by Crippen LogP contribution is -2.20. The minimum atomic E-state index is -0.418. The Labute approximate surface area is 91.7 Å². The maximum atomic E-state index is 11.5. The largest absolute Gasteiger partial charge is 0.338 e. The molecular formula is C10H10N4O2. The molecule has 0 aliphatic carbocycles. The van der Waals surface area contributed by atoms with Crippen LogP contribution in [0.25, 0.3) is 0 Å². The Hall–Kier alpha value is -2.37. The van der Waals surface area contributed by atoms with Gasteiger partial charge in [-0.15, -0.1) is 0 Å². The van der Waals surface area contributed by atoms with Crippen LogP contribution in [-0.4, -0.2) is 16.2 Å². The molecule has 6 nitrogen and oxygen atoms in total. The monoisotopic (exact) mass is 218 g/mol. The maximum Gasteiger partial charge on any atom is 0.327 e. The van der Waals surface area contributed by atoms with Gasteiger partial charge in [0.15, 0.2) is 0 Å². The Morgan fingerprint density at radius 3 is 2.88 bits per heavy atom. The van der Waals surface area contributed by atoms with E-state index in [0.717, 1.165) is 5.56 Å². The van der Waals surface area contributed by atoms with Crippen LogP contribution < -0.4 is 10.6 Å². The van der Waals surface area contributed by atoms with Crippen LogP contribution in [0.2, 0.25) is 0 Å². The fourth-order valence-electron chi connectivity index (χ4n) is 1.15. The summed E-state index contributed by atoms with van der Waals surface area (Å²) in [5.74, 6) is 0.797.